The zero-order chi connectivity index (χ0) is 14.5. The number of thiophene rings is 2. The Morgan fingerprint density at radius 1 is 1.05 bits per heavy atom. The number of rotatable bonds is 6. The molecule has 1 N–H and O–H groups in total. The Labute approximate surface area is 134 Å². The minimum atomic E-state index is 0.960. The van der Waals surface area contributed by atoms with Crippen molar-refractivity contribution in [3.8, 4) is 10.4 Å². The number of hydrogen-bond acceptors (Lipinski definition) is 3. The highest BCUT2D eigenvalue weighted by molar-refractivity contribution is 7.14. The van der Waals surface area contributed by atoms with Gasteiger partial charge in [-0.25, -0.2) is 0 Å². The van der Waals surface area contributed by atoms with Gasteiger partial charge in [0, 0.05) is 21.9 Å². The summed E-state index contributed by atoms with van der Waals surface area (Å²) in [6.45, 7) is 4.13. The lowest BCUT2D eigenvalue weighted by atomic mass is 10.1. The minimum Gasteiger partial charge on any atom is -0.312 e. The maximum absolute atomic E-state index is 3.54. The van der Waals surface area contributed by atoms with Crippen molar-refractivity contribution in [3.63, 3.8) is 0 Å². The maximum Gasteiger partial charge on any atom is 0.0351 e. The van der Waals surface area contributed by atoms with Gasteiger partial charge >= 0.3 is 0 Å². The Morgan fingerprint density at radius 3 is 2.81 bits per heavy atom. The van der Waals surface area contributed by atoms with Gasteiger partial charge < -0.3 is 5.32 Å². The molecule has 1 nitrogen and oxygen atoms in total. The lowest BCUT2D eigenvalue weighted by molar-refractivity contribution is 0.693. The van der Waals surface area contributed by atoms with Gasteiger partial charge in [-0.2, -0.15) is 0 Å². The standard InChI is InChI=1S/C18H19NS2/c1-14-4-2-5-15(10-14)7-8-19-12-17-11-16(13-21-17)18-6-3-9-20-18/h2-6,9-11,13,19H,7-8,12H2,1H3. The first-order valence-electron chi connectivity index (χ1n) is 7.19. The molecule has 3 aromatic rings. The molecule has 0 atom stereocenters. The predicted molar refractivity (Wildman–Crippen MR) is 94.2 cm³/mol. The van der Waals surface area contributed by atoms with E-state index in [1.165, 1.54) is 26.4 Å². The quantitative estimate of drug-likeness (QED) is 0.623. The molecule has 2 heterocycles. The molecule has 0 unspecified atom stereocenters. The predicted octanol–water partition coefficient (Wildman–Crippen LogP) is 5.12. The average molecular weight is 313 g/mol. The van der Waals surface area contributed by atoms with Gasteiger partial charge in [0.05, 0.1) is 0 Å². The fourth-order valence-corrected chi connectivity index (χ4v) is 4.00. The fraction of sp³-hybridized carbons (Fsp3) is 0.222. The summed E-state index contributed by atoms with van der Waals surface area (Å²) in [4.78, 5) is 2.76. The van der Waals surface area contributed by atoms with Crippen LogP contribution in [-0.4, -0.2) is 6.54 Å². The van der Waals surface area contributed by atoms with Crippen molar-refractivity contribution in [2.75, 3.05) is 6.54 Å². The lowest BCUT2D eigenvalue weighted by Crippen LogP contribution is -2.15. The molecule has 0 aliphatic carbocycles. The third-order valence-electron chi connectivity index (χ3n) is 3.43. The summed E-state index contributed by atoms with van der Waals surface area (Å²) in [6, 6.07) is 15.3. The Bertz CT molecular complexity index is 683. The van der Waals surface area contributed by atoms with Gasteiger partial charge in [0.1, 0.15) is 0 Å². The highest BCUT2D eigenvalue weighted by Gasteiger charge is 2.03. The zero-order valence-corrected chi connectivity index (χ0v) is 13.8. The van der Waals surface area contributed by atoms with Gasteiger partial charge in [-0.05, 0) is 48.3 Å². The summed E-state index contributed by atoms with van der Waals surface area (Å²) in [7, 11) is 0. The second-order valence-corrected chi connectivity index (χ2v) is 7.14. The minimum absolute atomic E-state index is 0.960. The maximum atomic E-state index is 3.54. The van der Waals surface area contributed by atoms with E-state index in [9.17, 15) is 0 Å². The second-order valence-electron chi connectivity index (χ2n) is 5.19. The van der Waals surface area contributed by atoms with Crippen LogP contribution in [0.1, 0.15) is 16.0 Å². The summed E-state index contributed by atoms with van der Waals surface area (Å²) in [5, 5.41) is 7.93. The SMILES string of the molecule is Cc1cccc(CCNCc2cc(-c3cccs3)cs2)c1. The van der Waals surface area contributed by atoms with E-state index in [4.69, 9.17) is 0 Å². The van der Waals surface area contributed by atoms with Crippen LogP contribution in [0.5, 0.6) is 0 Å². The summed E-state index contributed by atoms with van der Waals surface area (Å²) < 4.78 is 0. The van der Waals surface area contributed by atoms with Gasteiger partial charge in [0.2, 0.25) is 0 Å². The first-order valence-corrected chi connectivity index (χ1v) is 8.95. The molecule has 0 saturated carbocycles. The van der Waals surface area contributed by atoms with Crippen molar-refractivity contribution in [2.45, 2.75) is 19.9 Å². The number of nitrogens with one attached hydrogen (secondary N) is 1. The Kier molecular flexibility index (Phi) is 4.86. The molecular formula is C18H19NS2. The molecule has 0 amide bonds. The molecule has 0 saturated heterocycles. The Hall–Kier alpha value is -1.42. The number of benzene rings is 1. The van der Waals surface area contributed by atoms with Crippen LogP contribution >= 0.6 is 22.7 Å². The fourth-order valence-electron chi connectivity index (χ4n) is 2.36. The van der Waals surface area contributed by atoms with E-state index in [1.807, 2.05) is 11.3 Å². The first kappa shape index (κ1) is 14.5. The highest BCUT2D eigenvalue weighted by Crippen LogP contribution is 2.29. The van der Waals surface area contributed by atoms with Crippen LogP contribution in [0.3, 0.4) is 0 Å². The van der Waals surface area contributed by atoms with Crippen LogP contribution in [0.15, 0.2) is 53.2 Å². The molecule has 1 aromatic carbocycles. The van der Waals surface area contributed by atoms with Gasteiger partial charge in [-0.3, -0.25) is 0 Å². The van der Waals surface area contributed by atoms with Crippen LogP contribution in [0.4, 0.5) is 0 Å². The summed E-state index contributed by atoms with van der Waals surface area (Å²) in [6.07, 6.45) is 1.09. The molecule has 0 spiro atoms. The van der Waals surface area contributed by atoms with Crippen molar-refractivity contribution in [1.29, 1.82) is 0 Å². The van der Waals surface area contributed by atoms with E-state index in [0.29, 0.717) is 0 Å². The van der Waals surface area contributed by atoms with Crippen molar-refractivity contribution < 1.29 is 0 Å². The van der Waals surface area contributed by atoms with Crippen LogP contribution in [-0.2, 0) is 13.0 Å². The molecule has 0 aliphatic heterocycles. The van der Waals surface area contributed by atoms with E-state index >= 15 is 0 Å². The van der Waals surface area contributed by atoms with Crippen molar-refractivity contribution in [2.24, 2.45) is 0 Å². The van der Waals surface area contributed by atoms with Crippen LogP contribution in [0.2, 0.25) is 0 Å². The topological polar surface area (TPSA) is 12.0 Å². The van der Waals surface area contributed by atoms with Crippen molar-refractivity contribution in [1.82, 2.24) is 5.32 Å². The molecule has 0 aliphatic rings. The first-order chi connectivity index (χ1) is 10.3. The molecule has 0 bridgehead atoms. The van der Waals surface area contributed by atoms with E-state index in [-0.39, 0.29) is 0 Å². The molecule has 21 heavy (non-hydrogen) atoms. The molecular weight excluding hydrogens is 294 g/mol. The van der Waals surface area contributed by atoms with Gasteiger partial charge in [-0.15, -0.1) is 22.7 Å². The molecule has 0 radical (unpaired) electrons. The Morgan fingerprint density at radius 2 is 2.00 bits per heavy atom. The smallest absolute Gasteiger partial charge is 0.0351 e. The van der Waals surface area contributed by atoms with E-state index in [1.54, 1.807) is 11.3 Å². The van der Waals surface area contributed by atoms with Crippen LogP contribution < -0.4 is 5.32 Å². The summed E-state index contributed by atoms with van der Waals surface area (Å²) in [5.41, 5.74) is 4.10. The molecule has 2 aromatic heterocycles. The normalized spacial score (nSPS) is 10.9. The van der Waals surface area contributed by atoms with Crippen molar-refractivity contribution >= 4 is 22.7 Å². The second kappa shape index (κ2) is 7.03. The molecule has 108 valence electrons. The highest BCUT2D eigenvalue weighted by atomic mass is 32.1. The Balaban J connectivity index is 1.48. The monoisotopic (exact) mass is 313 g/mol. The molecule has 0 fully saturated rings. The third-order valence-corrected chi connectivity index (χ3v) is 5.29. The molecule has 3 heteroatoms. The number of aryl methyl sites for hydroxylation is 1. The van der Waals surface area contributed by atoms with E-state index in [0.717, 1.165) is 19.5 Å². The van der Waals surface area contributed by atoms with Gasteiger partial charge in [0.25, 0.3) is 0 Å². The van der Waals surface area contributed by atoms with Crippen LogP contribution in [0.25, 0.3) is 10.4 Å². The van der Waals surface area contributed by atoms with Gasteiger partial charge in [-0.1, -0.05) is 35.9 Å². The van der Waals surface area contributed by atoms with E-state index < -0.39 is 0 Å². The summed E-state index contributed by atoms with van der Waals surface area (Å²) in [5.74, 6) is 0. The van der Waals surface area contributed by atoms with Gasteiger partial charge in [0.15, 0.2) is 0 Å². The zero-order valence-electron chi connectivity index (χ0n) is 12.1. The van der Waals surface area contributed by atoms with E-state index in [2.05, 4.69) is 65.5 Å². The van der Waals surface area contributed by atoms with Crippen molar-refractivity contribution in [3.05, 3.63) is 69.2 Å². The molecule has 3 rings (SSSR count). The average Bonchev–Trinajstić information content (AvgIpc) is 3.14. The lowest BCUT2D eigenvalue weighted by Gasteiger charge is -2.04. The largest absolute Gasteiger partial charge is 0.312 e. The third kappa shape index (κ3) is 4.03. The number of hydrogen-bond donors (Lipinski definition) is 1. The summed E-state index contributed by atoms with van der Waals surface area (Å²) >= 11 is 3.64. The van der Waals surface area contributed by atoms with Crippen LogP contribution in [0, 0.1) is 6.92 Å².